The third-order valence-corrected chi connectivity index (χ3v) is 4.58. The van der Waals surface area contributed by atoms with Gasteiger partial charge in [-0.2, -0.15) is 0 Å². The maximum atomic E-state index is 12.8. The van der Waals surface area contributed by atoms with Gasteiger partial charge in [0, 0.05) is 5.56 Å². The summed E-state index contributed by atoms with van der Waals surface area (Å²) in [4.78, 5) is 29.4. The Morgan fingerprint density at radius 2 is 1.63 bits per heavy atom. The zero-order valence-electron chi connectivity index (χ0n) is 17.1. The molecule has 0 aliphatic carbocycles. The summed E-state index contributed by atoms with van der Waals surface area (Å²) in [5.74, 6) is 1.11. The van der Waals surface area contributed by atoms with Gasteiger partial charge in [0.15, 0.2) is 11.5 Å². The van der Waals surface area contributed by atoms with Crippen molar-refractivity contribution in [1.29, 1.82) is 0 Å². The van der Waals surface area contributed by atoms with Crippen LogP contribution in [0.2, 0.25) is 0 Å². The number of methoxy groups -OCH3 is 4. The van der Waals surface area contributed by atoms with Crippen LogP contribution >= 0.6 is 0 Å². The molecule has 0 bridgehead atoms. The first-order chi connectivity index (χ1) is 14.5. The normalized spacial score (nSPS) is 15.5. The summed E-state index contributed by atoms with van der Waals surface area (Å²) in [5.41, 5.74) is 1.10. The van der Waals surface area contributed by atoms with Crippen molar-refractivity contribution in [3.8, 4) is 23.0 Å². The first-order valence-corrected chi connectivity index (χ1v) is 9.12. The molecule has 0 spiro atoms. The number of carbonyl (C=O) groups is 2. The number of hydrogen-bond acceptors (Lipinski definition) is 7. The quantitative estimate of drug-likeness (QED) is 0.751. The number of amides is 2. The van der Waals surface area contributed by atoms with Crippen LogP contribution in [0.4, 0.5) is 0 Å². The molecule has 1 aliphatic heterocycles. The second kappa shape index (κ2) is 9.17. The van der Waals surface area contributed by atoms with Crippen LogP contribution in [0.15, 0.2) is 41.4 Å². The Morgan fingerprint density at radius 3 is 2.17 bits per heavy atom. The summed E-state index contributed by atoms with van der Waals surface area (Å²) in [6, 6.07) is 9.89. The van der Waals surface area contributed by atoms with Gasteiger partial charge in [-0.3, -0.25) is 20.2 Å². The number of ether oxygens (including phenoxy) is 4. The lowest BCUT2D eigenvalue weighted by Gasteiger charge is -2.22. The Hall–Kier alpha value is -3.75. The monoisotopic (exact) mass is 413 g/mol. The van der Waals surface area contributed by atoms with E-state index >= 15 is 0 Å². The molecule has 1 unspecified atom stereocenters. The highest BCUT2D eigenvalue weighted by Gasteiger charge is 2.25. The lowest BCUT2D eigenvalue weighted by molar-refractivity contribution is -0.120. The van der Waals surface area contributed by atoms with Gasteiger partial charge >= 0.3 is 0 Å². The van der Waals surface area contributed by atoms with Gasteiger partial charge in [-0.15, -0.1) is 0 Å². The van der Waals surface area contributed by atoms with Crippen LogP contribution in [0.25, 0.3) is 0 Å². The van der Waals surface area contributed by atoms with Gasteiger partial charge in [0.25, 0.3) is 5.91 Å². The fourth-order valence-corrected chi connectivity index (χ4v) is 3.07. The third kappa shape index (κ3) is 4.45. The Balaban J connectivity index is 1.84. The number of carbonyl (C=O) groups excluding carboxylic acids is 2. The van der Waals surface area contributed by atoms with Gasteiger partial charge in [0.1, 0.15) is 5.75 Å². The SMILES string of the molecule is COc1ccc(C2CC(=O)NC(NC(=O)c3cc(OC)c(OC)c(OC)c3)=N2)cc1. The standard InChI is InChI=1S/C21H23N3O6/c1-27-14-7-5-12(6-8-14)15-11-18(25)23-21(22-15)24-20(26)13-9-16(28-2)19(30-4)17(10-13)29-3/h5-10,15H,11H2,1-4H3,(H2,22,23,24,25,26). The fourth-order valence-electron chi connectivity index (χ4n) is 3.07. The predicted molar refractivity (Wildman–Crippen MR) is 109 cm³/mol. The Labute approximate surface area is 174 Å². The molecule has 0 saturated carbocycles. The minimum Gasteiger partial charge on any atom is -0.497 e. The van der Waals surface area contributed by atoms with E-state index in [1.54, 1.807) is 19.2 Å². The lowest BCUT2D eigenvalue weighted by Crippen LogP contribution is -2.47. The number of guanidine groups is 1. The van der Waals surface area contributed by atoms with E-state index in [2.05, 4.69) is 15.6 Å². The zero-order chi connectivity index (χ0) is 21.7. The fraction of sp³-hybridized carbons (Fsp3) is 0.286. The smallest absolute Gasteiger partial charge is 0.258 e. The van der Waals surface area contributed by atoms with E-state index in [1.807, 2.05) is 12.1 Å². The molecule has 0 aromatic heterocycles. The van der Waals surface area contributed by atoms with Crippen LogP contribution in [0.3, 0.4) is 0 Å². The van der Waals surface area contributed by atoms with Crippen molar-refractivity contribution < 1.29 is 28.5 Å². The van der Waals surface area contributed by atoms with Crippen molar-refractivity contribution in [2.75, 3.05) is 28.4 Å². The highest BCUT2D eigenvalue weighted by atomic mass is 16.5. The van der Waals surface area contributed by atoms with E-state index in [9.17, 15) is 9.59 Å². The number of aliphatic imine (C=N–C) groups is 1. The molecule has 2 aromatic rings. The summed E-state index contributed by atoms with van der Waals surface area (Å²) < 4.78 is 21.0. The minimum atomic E-state index is -0.483. The maximum absolute atomic E-state index is 12.8. The average Bonchev–Trinajstić information content (AvgIpc) is 2.77. The summed E-state index contributed by atoms with van der Waals surface area (Å²) in [5, 5.41) is 5.22. The van der Waals surface area contributed by atoms with Crippen LogP contribution in [0, 0.1) is 0 Å². The second-order valence-electron chi connectivity index (χ2n) is 6.39. The summed E-state index contributed by atoms with van der Waals surface area (Å²) >= 11 is 0. The van der Waals surface area contributed by atoms with E-state index < -0.39 is 11.9 Å². The minimum absolute atomic E-state index is 0.0748. The van der Waals surface area contributed by atoms with Crippen LogP contribution in [0.5, 0.6) is 23.0 Å². The second-order valence-corrected chi connectivity index (χ2v) is 6.39. The average molecular weight is 413 g/mol. The molecule has 1 atom stereocenters. The number of rotatable bonds is 6. The van der Waals surface area contributed by atoms with Crippen LogP contribution in [-0.4, -0.2) is 46.2 Å². The van der Waals surface area contributed by atoms with Gasteiger partial charge in [-0.05, 0) is 29.8 Å². The molecular weight excluding hydrogens is 390 g/mol. The van der Waals surface area contributed by atoms with Gasteiger partial charge in [-0.1, -0.05) is 12.1 Å². The van der Waals surface area contributed by atoms with Crippen molar-refractivity contribution in [2.45, 2.75) is 12.5 Å². The molecule has 0 fully saturated rings. The van der Waals surface area contributed by atoms with Gasteiger partial charge in [0.2, 0.25) is 17.6 Å². The number of benzene rings is 2. The summed E-state index contributed by atoms with van der Waals surface area (Å²) in [6.45, 7) is 0. The molecule has 30 heavy (non-hydrogen) atoms. The topological polar surface area (TPSA) is 107 Å². The van der Waals surface area contributed by atoms with Crippen LogP contribution in [-0.2, 0) is 4.79 Å². The Morgan fingerprint density at radius 1 is 1.00 bits per heavy atom. The molecule has 2 amide bonds. The van der Waals surface area contributed by atoms with Crippen LogP contribution < -0.4 is 29.6 Å². The molecule has 0 saturated heterocycles. The molecule has 2 N–H and O–H groups in total. The third-order valence-electron chi connectivity index (χ3n) is 4.58. The Kier molecular flexibility index (Phi) is 6.41. The van der Waals surface area contributed by atoms with E-state index in [-0.39, 0.29) is 23.9 Å². The molecule has 0 radical (unpaired) electrons. The first kappa shape index (κ1) is 21.0. The van der Waals surface area contributed by atoms with Crippen molar-refractivity contribution in [2.24, 2.45) is 4.99 Å². The molecule has 3 rings (SSSR count). The summed E-state index contributed by atoms with van der Waals surface area (Å²) in [7, 11) is 5.98. The molecule has 1 heterocycles. The maximum Gasteiger partial charge on any atom is 0.258 e. The van der Waals surface area contributed by atoms with E-state index in [1.165, 1.54) is 33.5 Å². The predicted octanol–water partition coefficient (Wildman–Crippen LogP) is 2.07. The molecule has 158 valence electrons. The number of nitrogens with one attached hydrogen (secondary N) is 2. The van der Waals surface area contributed by atoms with Gasteiger partial charge in [0.05, 0.1) is 40.9 Å². The lowest BCUT2D eigenvalue weighted by atomic mass is 10.0. The van der Waals surface area contributed by atoms with Crippen LogP contribution in [0.1, 0.15) is 28.4 Å². The summed E-state index contributed by atoms with van der Waals surface area (Å²) in [6.07, 6.45) is 0.176. The van der Waals surface area contributed by atoms with Crippen molar-refractivity contribution >= 4 is 17.8 Å². The molecular formula is C21H23N3O6. The van der Waals surface area contributed by atoms with E-state index in [4.69, 9.17) is 18.9 Å². The van der Waals surface area contributed by atoms with Crippen molar-refractivity contribution in [1.82, 2.24) is 10.6 Å². The Bertz CT molecular complexity index is 946. The molecule has 2 aromatic carbocycles. The zero-order valence-corrected chi connectivity index (χ0v) is 17.1. The van der Waals surface area contributed by atoms with Gasteiger partial charge < -0.3 is 18.9 Å². The highest BCUT2D eigenvalue weighted by Crippen LogP contribution is 2.38. The van der Waals surface area contributed by atoms with Crippen molar-refractivity contribution in [3.63, 3.8) is 0 Å². The van der Waals surface area contributed by atoms with Crippen molar-refractivity contribution in [3.05, 3.63) is 47.5 Å². The molecule has 9 heteroatoms. The number of nitrogens with zero attached hydrogens (tertiary/aromatic N) is 1. The first-order valence-electron chi connectivity index (χ1n) is 9.12. The highest BCUT2D eigenvalue weighted by molar-refractivity contribution is 6.11. The molecule has 1 aliphatic rings. The van der Waals surface area contributed by atoms with Gasteiger partial charge in [-0.25, -0.2) is 4.99 Å². The van der Waals surface area contributed by atoms with E-state index in [0.29, 0.717) is 23.0 Å². The number of hydrogen-bond donors (Lipinski definition) is 2. The largest absolute Gasteiger partial charge is 0.497 e. The van der Waals surface area contributed by atoms with E-state index in [0.717, 1.165) is 5.56 Å². The molecule has 9 nitrogen and oxygen atoms in total.